The number of hydrogen-bond donors (Lipinski definition) is 1. The topological polar surface area (TPSA) is 84.9 Å². The summed E-state index contributed by atoms with van der Waals surface area (Å²) in [7, 11) is 1.20. The van der Waals surface area contributed by atoms with Gasteiger partial charge in [0.15, 0.2) is 11.3 Å². The first-order chi connectivity index (χ1) is 10.7. The largest absolute Gasteiger partial charge is 0.464 e. The van der Waals surface area contributed by atoms with Crippen LogP contribution in [0.5, 0.6) is 0 Å². The summed E-state index contributed by atoms with van der Waals surface area (Å²) in [5, 5.41) is 14.4. The predicted octanol–water partition coefficient (Wildman–Crippen LogP) is 3.56. The summed E-state index contributed by atoms with van der Waals surface area (Å²) in [6.07, 6.45) is 0. The highest BCUT2D eigenvalue weighted by Gasteiger charge is 2.22. The quantitative estimate of drug-likeness (QED) is 0.342. The Labute approximate surface area is 133 Å². The van der Waals surface area contributed by atoms with Crippen molar-refractivity contribution in [1.29, 1.82) is 0 Å². The lowest BCUT2D eigenvalue weighted by molar-refractivity contribution is -0.132. The van der Waals surface area contributed by atoms with Gasteiger partial charge in [-0.25, -0.2) is 9.78 Å². The molecule has 3 rings (SSSR count). The number of rotatable bonds is 3. The van der Waals surface area contributed by atoms with Crippen molar-refractivity contribution < 1.29 is 19.2 Å². The van der Waals surface area contributed by atoms with Gasteiger partial charge in [-0.05, 0) is 23.6 Å². The number of oxime groups is 1. The van der Waals surface area contributed by atoms with Gasteiger partial charge in [0.1, 0.15) is 10.4 Å². The molecule has 0 radical (unpaired) electrons. The van der Waals surface area contributed by atoms with Crippen LogP contribution >= 0.6 is 22.9 Å². The molecule has 6 nitrogen and oxygen atoms in total. The fourth-order valence-electron chi connectivity index (χ4n) is 1.98. The Bertz CT molecular complexity index is 884. The molecule has 2 aromatic heterocycles. The van der Waals surface area contributed by atoms with Crippen LogP contribution in [-0.2, 0) is 9.53 Å². The maximum Gasteiger partial charge on any atom is 0.360 e. The second kappa shape index (κ2) is 5.78. The van der Waals surface area contributed by atoms with E-state index in [-0.39, 0.29) is 5.71 Å². The molecule has 0 spiro atoms. The molecule has 0 saturated carbocycles. The fourth-order valence-corrected chi connectivity index (χ4v) is 3.05. The van der Waals surface area contributed by atoms with Crippen molar-refractivity contribution in [2.45, 2.75) is 0 Å². The third-order valence-electron chi connectivity index (χ3n) is 2.96. The summed E-state index contributed by atoms with van der Waals surface area (Å²) >= 11 is 7.47. The maximum atomic E-state index is 11.7. The number of nitrogens with zero attached hydrogens (tertiary/aromatic N) is 2. The standard InChI is InChI=1S/C14H9ClN2O4S/c1-20-14(18)11(17-19)7-3-2-4-9-10(7)16-13(21-9)12-8(15)5-6-22-12/h2-6,19H,1H3. The van der Waals surface area contributed by atoms with Gasteiger partial charge in [-0.3, -0.25) is 0 Å². The summed E-state index contributed by atoms with van der Waals surface area (Å²) < 4.78 is 10.3. The molecule has 0 aliphatic heterocycles. The van der Waals surface area contributed by atoms with E-state index in [1.165, 1.54) is 18.4 Å². The number of thiophene rings is 1. The Morgan fingerprint density at radius 1 is 1.45 bits per heavy atom. The average Bonchev–Trinajstić information content (AvgIpc) is 3.13. The predicted molar refractivity (Wildman–Crippen MR) is 82.7 cm³/mol. The lowest BCUT2D eigenvalue weighted by atomic mass is 10.1. The summed E-state index contributed by atoms with van der Waals surface area (Å²) in [4.78, 5) is 16.7. The number of aromatic nitrogens is 1. The van der Waals surface area contributed by atoms with Crippen molar-refractivity contribution in [2.24, 2.45) is 5.16 Å². The SMILES string of the molecule is COC(=O)C(=NO)c1cccc2oc(-c3sccc3Cl)nc12. The minimum absolute atomic E-state index is 0.245. The number of esters is 1. The highest BCUT2D eigenvalue weighted by Crippen LogP contribution is 2.35. The molecule has 2 heterocycles. The van der Waals surface area contributed by atoms with Gasteiger partial charge in [-0.15, -0.1) is 11.3 Å². The van der Waals surface area contributed by atoms with Gasteiger partial charge < -0.3 is 14.4 Å². The summed E-state index contributed by atoms with van der Waals surface area (Å²) in [5.74, 6) is -0.432. The molecule has 0 saturated heterocycles. The second-order valence-electron chi connectivity index (χ2n) is 4.21. The van der Waals surface area contributed by atoms with Gasteiger partial charge in [0, 0.05) is 5.56 Å². The smallest absolute Gasteiger partial charge is 0.360 e. The van der Waals surface area contributed by atoms with Gasteiger partial charge in [0.2, 0.25) is 5.89 Å². The number of oxazole rings is 1. The van der Waals surface area contributed by atoms with E-state index in [2.05, 4.69) is 14.9 Å². The number of methoxy groups -OCH3 is 1. The van der Waals surface area contributed by atoms with Gasteiger partial charge in [-0.1, -0.05) is 22.8 Å². The third kappa shape index (κ3) is 2.34. The molecule has 0 atom stereocenters. The Morgan fingerprint density at radius 3 is 2.91 bits per heavy atom. The molecular formula is C14H9ClN2O4S. The number of para-hydroxylation sites is 1. The first-order valence-electron chi connectivity index (χ1n) is 6.09. The number of carbonyl (C=O) groups excluding carboxylic acids is 1. The van der Waals surface area contributed by atoms with E-state index in [1.54, 1.807) is 24.3 Å². The van der Waals surface area contributed by atoms with Crippen LogP contribution in [0.4, 0.5) is 0 Å². The maximum absolute atomic E-state index is 11.7. The van der Waals surface area contributed by atoms with Gasteiger partial charge in [0.25, 0.3) is 0 Å². The summed E-state index contributed by atoms with van der Waals surface area (Å²) in [5.41, 5.74) is 0.905. The van der Waals surface area contributed by atoms with Gasteiger partial charge in [0.05, 0.1) is 12.1 Å². The zero-order valence-electron chi connectivity index (χ0n) is 11.2. The zero-order valence-corrected chi connectivity index (χ0v) is 12.8. The normalized spacial score (nSPS) is 11.8. The minimum Gasteiger partial charge on any atom is -0.464 e. The second-order valence-corrected chi connectivity index (χ2v) is 5.53. The summed E-state index contributed by atoms with van der Waals surface area (Å²) in [6, 6.07) is 6.70. The van der Waals surface area contributed by atoms with Crippen LogP contribution < -0.4 is 0 Å². The zero-order chi connectivity index (χ0) is 15.7. The van der Waals surface area contributed by atoms with Crippen LogP contribution in [0.15, 0.2) is 39.2 Å². The Morgan fingerprint density at radius 2 is 2.27 bits per heavy atom. The van der Waals surface area contributed by atoms with Crippen LogP contribution in [0.25, 0.3) is 21.9 Å². The lowest BCUT2D eigenvalue weighted by Crippen LogP contribution is -2.17. The summed E-state index contributed by atoms with van der Waals surface area (Å²) in [6.45, 7) is 0. The number of ether oxygens (including phenoxy) is 1. The molecule has 0 aliphatic carbocycles. The number of hydrogen-bond acceptors (Lipinski definition) is 7. The molecule has 0 unspecified atom stereocenters. The van der Waals surface area contributed by atoms with Crippen LogP contribution in [0, 0.1) is 0 Å². The van der Waals surface area contributed by atoms with Gasteiger partial charge in [-0.2, -0.15) is 0 Å². The van der Waals surface area contributed by atoms with Crippen LogP contribution in [0.1, 0.15) is 5.56 Å². The van der Waals surface area contributed by atoms with E-state index in [0.29, 0.717) is 32.5 Å². The van der Waals surface area contributed by atoms with Crippen LogP contribution in [-0.4, -0.2) is 29.0 Å². The highest BCUT2D eigenvalue weighted by atomic mass is 35.5. The third-order valence-corrected chi connectivity index (χ3v) is 4.29. The van der Waals surface area contributed by atoms with Crippen molar-refractivity contribution in [1.82, 2.24) is 4.98 Å². The number of benzene rings is 1. The Kier molecular flexibility index (Phi) is 3.82. The number of fused-ring (bicyclic) bond motifs is 1. The number of halogens is 1. The Balaban J connectivity index is 2.20. The van der Waals surface area contributed by atoms with E-state index in [1.807, 2.05) is 5.38 Å². The van der Waals surface area contributed by atoms with Crippen LogP contribution in [0.3, 0.4) is 0 Å². The molecule has 8 heteroatoms. The molecule has 112 valence electrons. The molecule has 1 N–H and O–H groups in total. The first kappa shape index (κ1) is 14.6. The highest BCUT2D eigenvalue weighted by molar-refractivity contribution is 7.14. The van der Waals surface area contributed by atoms with E-state index in [9.17, 15) is 4.79 Å². The molecule has 22 heavy (non-hydrogen) atoms. The minimum atomic E-state index is -0.770. The van der Waals surface area contributed by atoms with E-state index in [4.69, 9.17) is 21.2 Å². The molecule has 0 amide bonds. The van der Waals surface area contributed by atoms with Crippen molar-refractivity contribution >= 4 is 45.7 Å². The number of carbonyl (C=O) groups is 1. The molecular weight excluding hydrogens is 328 g/mol. The monoisotopic (exact) mass is 336 g/mol. The van der Waals surface area contributed by atoms with E-state index < -0.39 is 5.97 Å². The molecule has 1 aromatic carbocycles. The first-order valence-corrected chi connectivity index (χ1v) is 7.35. The van der Waals surface area contributed by atoms with Gasteiger partial charge >= 0.3 is 5.97 Å². The van der Waals surface area contributed by atoms with Crippen LogP contribution in [0.2, 0.25) is 5.02 Å². The average molecular weight is 337 g/mol. The van der Waals surface area contributed by atoms with Crippen molar-refractivity contribution in [3.8, 4) is 10.8 Å². The Hall–Kier alpha value is -2.38. The van der Waals surface area contributed by atoms with Crippen molar-refractivity contribution in [3.63, 3.8) is 0 Å². The van der Waals surface area contributed by atoms with E-state index >= 15 is 0 Å². The molecule has 0 aliphatic rings. The molecule has 0 fully saturated rings. The van der Waals surface area contributed by atoms with Crippen molar-refractivity contribution in [2.75, 3.05) is 7.11 Å². The van der Waals surface area contributed by atoms with E-state index in [0.717, 1.165) is 0 Å². The fraction of sp³-hybridized carbons (Fsp3) is 0.0714. The lowest BCUT2D eigenvalue weighted by Gasteiger charge is -2.02. The molecule has 0 bridgehead atoms. The van der Waals surface area contributed by atoms with Crippen molar-refractivity contribution in [3.05, 3.63) is 40.2 Å². The molecule has 3 aromatic rings.